The SMILES string of the molecule is CCCc1ccc(C(NN)C2CSc3ccccc32)cc1. The van der Waals surface area contributed by atoms with Crippen LogP contribution in [0.15, 0.2) is 53.4 Å². The molecule has 0 amide bonds. The number of hydrogen-bond donors (Lipinski definition) is 2. The summed E-state index contributed by atoms with van der Waals surface area (Å²) < 4.78 is 0. The average Bonchev–Trinajstić information content (AvgIpc) is 2.94. The molecule has 110 valence electrons. The average molecular weight is 298 g/mol. The number of fused-ring (bicyclic) bond motifs is 1. The molecule has 3 heteroatoms. The number of thioether (sulfide) groups is 1. The Labute approximate surface area is 131 Å². The summed E-state index contributed by atoms with van der Waals surface area (Å²) in [5.41, 5.74) is 7.14. The lowest BCUT2D eigenvalue weighted by molar-refractivity contribution is 0.485. The van der Waals surface area contributed by atoms with Crippen LogP contribution in [0, 0.1) is 0 Å². The van der Waals surface area contributed by atoms with Crippen molar-refractivity contribution >= 4 is 11.8 Å². The van der Waals surface area contributed by atoms with Crippen molar-refractivity contribution in [2.75, 3.05) is 5.75 Å². The molecule has 0 radical (unpaired) electrons. The van der Waals surface area contributed by atoms with E-state index in [1.165, 1.54) is 28.0 Å². The summed E-state index contributed by atoms with van der Waals surface area (Å²) in [7, 11) is 0. The molecule has 3 rings (SSSR count). The van der Waals surface area contributed by atoms with Crippen LogP contribution in [0.4, 0.5) is 0 Å². The first-order chi connectivity index (χ1) is 10.3. The summed E-state index contributed by atoms with van der Waals surface area (Å²) in [6.45, 7) is 2.21. The molecule has 0 bridgehead atoms. The second kappa shape index (κ2) is 6.65. The van der Waals surface area contributed by atoms with Crippen molar-refractivity contribution in [3.63, 3.8) is 0 Å². The Morgan fingerprint density at radius 3 is 2.67 bits per heavy atom. The maximum absolute atomic E-state index is 5.88. The van der Waals surface area contributed by atoms with Crippen LogP contribution in [0.2, 0.25) is 0 Å². The molecule has 0 fully saturated rings. The third-order valence-corrected chi connectivity index (χ3v) is 5.40. The number of nitrogens with one attached hydrogen (secondary N) is 1. The minimum Gasteiger partial charge on any atom is -0.271 e. The summed E-state index contributed by atoms with van der Waals surface area (Å²) in [6.07, 6.45) is 2.33. The lowest BCUT2D eigenvalue weighted by atomic mass is 9.88. The van der Waals surface area contributed by atoms with Gasteiger partial charge in [0.1, 0.15) is 0 Å². The Morgan fingerprint density at radius 1 is 1.19 bits per heavy atom. The first-order valence-corrected chi connectivity index (χ1v) is 8.58. The molecule has 0 saturated carbocycles. The highest BCUT2D eigenvalue weighted by atomic mass is 32.2. The maximum Gasteiger partial charge on any atom is 0.0536 e. The summed E-state index contributed by atoms with van der Waals surface area (Å²) in [4.78, 5) is 1.39. The van der Waals surface area contributed by atoms with Crippen LogP contribution in [-0.4, -0.2) is 5.75 Å². The third-order valence-electron chi connectivity index (χ3n) is 4.20. The zero-order valence-electron chi connectivity index (χ0n) is 12.4. The summed E-state index contributed by atoms with van der Waals surface area (Å²) in [6, 6.07) is 17.8. The van der Waals surface area contributed by atoms with E-state index in [9.17, 15) is 0 Å². The number of hydrazine groups is 1. The molecular formula is C18H22N2S. The zero-order valence-corrected chi connectivity index (χ0v) is 13.2. The second-order valence-corrected chi connectivity index (χ2v) is 6.65. The van der Waals surface area contributed by atoms with Crippen LogP contribution in [0.1, 0.15) is 42.0 Å². The van der Waals surface area contributed by atoms with Crippen LogP contribution < -0.4 is 11.3 Å². The van der Waals surface area contributed by atoms with Crippen LogP contribution in [0.25, 0.3) is 0 Å². The lowest BCUT2D eigenvalue weighted by Crippen LogP contribution is -2.32. The van der Waals surface area contributed by atoms with Crippen LogP contribution in [0.5, 0.6) is 0 Å². The molecule has 0 aromatic heterocycles. The standard InChI is InChI=1S/C18H22N2S/c1-2-5-13-8-10-14(11-9-13)18(20-19)16-12-21-17-7-4-3-6-15(16)17/h3-4,6-11,16,18,20H,2,5,12,19H2,1H3. The quantitative estimate of drug-likeness (QED) is 0.646. The molecular weight excluding hydrogens is 276 g/mol. The van der Waals surface area contributed by atoms with Crippen molar-refractivity contribution in [2.45, 2.75) is 36.6 Å². The van der Waals surface area contributed by atoms with Gasteiger partial charge in [0.15, 0.2) is 0 Å². The maximum atomic E-state index is 5.88. The van der Waals surface area contributed by atoms with Crippen molar-refractivity contribution in [1.29, 1.82) is 0 Å². The molecule has 3 N–H and O–H groups in total. The number of rotatable bonds is 5. The van der Waals surface area contributed by atoms with Gasteiger partial charge in [0.05, 0.1) is 6.04 Å². The van der Waals surface area contributed by atoms with Gasteiger partial charge < -0.3 is 0 Å². The minimum atomic E-state index is 0.178. The molecule has 2 atom stereocenters. The third kappa shape index (κ3) is 3.00. The summed E-state index contributed by atoms with van der Waals surface area (Å²) in [5, 5.41) is 0. The predicted octanol–water partition coefficient (Wildman–Crippen LogP) is 4.03. The smallest absolute Gasteiger partial charge is 0.0536 e. The lowest BCUT2D eigenvalue weighted by Gasteiger charge is -2.24. The van der Waals surface area contributed by atoms with E-state index in [0.29, 0.717) is 5.92 Å². The molecule has 2 aromatic carbocycles. The zero-order chi connectivity index (χ0) is 14.7. The highest BCUT2D eigenvalue weighted by molar-refractivity contribution is 7.99. The Hall–Kier alpha value is -1.29. The summed E-state index contributed by atoms with van der Waals surface area (Å²) in [5.74, 6) is 7.41. The minimum absolute atomic E-state index is 0.178. The van der Waals surface area contributed by atoms with Crippen molar-refractivity contribution in [3.05, 3.63) is 65.2 Å². The predicted molar refractivity (Wildman–Crippen MR) is 90.4 cm³/mol. The number of benzene rings is 2. The molecule has 1 heterocycles. The molecule has 2 nitrogen and oxygen atoms in total. The fourth-order valence-electron chi connectivity index (χ4n) is 3.09. The van der Waals surface area contributed by atoms with E-state index in [1.54, 1.807) is 0 Å². The monoisotopic (exact) mass is 298 g/mol. The Morgan fingerprint density at radius 2 is 1.95 bits per heavy atom. The van der Waals surface area contributed by atoms with E-state index < -0.39 is 0 Å². The molecule has 21 heavy (non-hydrogen) atoms. The van der Waals surface area contributed by atoms with Crippen LogP contribution >= 0.6 is 11.8 Å². The molecule has 0 spiro atoms. The van der Waals surface area contributed by atoms with Gasteiger partial charge in [-0.1, -0.05) is 55.8 Å². The number of aryl methyl sites for hydroxylation is 1. The van der Waals surface area contributed by atoms with Crippen molar-refractivity contribution < 1.29 is 0 Å². The Bertz CT molecular complexity index is 594. The van der Waals surface area contributed by atoms with Gasteiger partial charge in [-0.25, -0.2) is 0 Å². The van der Waals surface area contributed by atoms with Crippen molar-refractivity contribution in [1.82, 2.24) is 5.43 Å². The first kappa shape index (κ1) is 14.6. The molecule has 2 aromatic rings. The molecule has 0 aliphatic carbocycles. The fourth-order valence-corrected chi connectivity index (χ4v) is 4.38. The Kier molecular flexibility index (Phi) is 4.63. The van der Waals surface area contributed by atoms with Crippen molar-refractivity contribution in [3.8, 4) is 0 Å². The Balaban J connectivity index is 1.85. The van der Waals surface area contributed by atoms with Gasteiger partial charge in [-0.2, -0.15) is 0 Å². The van der Waals surface area contributed by atoms with Crippen molar-refractivity contribution in [2.24, 2.45) is 5.84 Å². The van der Waals surface area contributed by atoms with E-state index in [4.69, 9.17) is 5.84 Å². The van der Waals surface area contributed by atoms with Gasteiger partial charge in [0.25, 0.3) is 0 Å². The van der Waals surface area contributed by atoms with Gasteiger partial charge in [0.2, 0.25) is 0 Å². The molecule has 1 aliphatic heterocycles. The van der Waals surface area contributed by atoms with E-state index in [2.05, 4.69) is 60.9 Å². The first-order valence-electron chi connectivity index (χ1n) is 7.60. The van der Waals surface area contributed by atoms with Gasteiger partial charge in [0, 0.05) is 16.6 Å². The molecule has 0 saturated heterocycles. The topological polar surface area (TPSA) is 38.0 Å². The van der Waals surface area contributed by atoms with Gasteiger partial charge in [-0.05, 0) is 29.2 Å². The highest BCUT2D eigenvalue weighted by Gasteiger charge is 2.30. The second-order valence-electron chi connectivity index (χ2n) is 5.59. The van der Waals surface area contributed by atoms with E-state index in [1.807, 2.05) is 11.8 Å². The summed E-state index contributed by atoms with van der Waals surface area (Å²) >= 11 is 1.93. The van der Waals surface area contributed by atoms with Gasteiger partial charge in [-0.3, -0.25) is 11.3 Å². The highest BCUT2D eigenvalue weighted by Crippen LogP contribution is 2.45. The van der Waals surface area contributed by atoms with Gasteiger partial charge >= 0.3 is 0 Å². The van der Waals surface area contributed by atoms with Gasteiger partial charge in [-0.15, -0.1) is 11.8 Å². The van der Waals surface area contributed by atoms with Crippen LogP contribution in [-0.2, 0) is 6.42 Å². The van der Waals surface area contributed by atoms with Crippen LogP contribution in [0.3, 0.4) is 0 Å². The van der Waals surface area contributed by atoms with E-state index in [0.717, 1.165) is 12.2 Å². The normalized spacial score (nSPS) is 18.5. The number of hydrogen-bond acceptors (Lipinski definition) is 3. The van der Waals surface area contributed by atoms with E-state index in [-0.39, 0.29) is 6.04 Å². The largest absolute Gasteiger partial charge is 0.271 e. The number of nitrogens with two attached hydrogens (primary N) is 1. The fraction of sp³-hybridized carbons (Fsp3) is 0.333. The van der Waals surface area contributed by atoms with E-state index >= 15 is 0 Å². The molecule has 1 aliphatic rings. The molecule has 2 unspecified atom stereocenters.